The minimum absolute atomic E-state index is 0.225. The van der Waals surface area contributed by atoms with Gasteiger partial charge in [-0.2, -0.15) is 0 Å². The number of rotatable bonds is 5. The van der Waals surface area contributed by atoms with Crippen LogP contribution in [0.2, 0.25) is 0 Å². The molecule has 3 aliphatic rings. The Hall–Kier alpha value is -3.29. The van der Waals surface area contributed by atoms with Crippen LogP contribution in [0, 0.1) is 0 Å². The van der Waals surface area contributed by atoms with E-state index in [0.29, 0.717) is 37.1 Å². The van der Waals surface area contributed by atoms with E-state index in [1.54, 1.807) is 12.3 Å². The minimum atomic E-state index is -0.298. The number of hydrogen-bond donors (Lipinski definition) is 1. The fourth-order valence-electron chi connectivity index (χ4n) is 5.47. The molecule has 1 saturated heterocycles. The third-order valence-electron chi connectivity index (χ3n) is 7.72. The summed E-state index contributed by atoms with van der Waals surface area (Å²) in [6.07, 6.45) is 10.5. The van der Waals surface area contributed by atoms with Gasteiger partial charge in [0.25, 0.3) is 0 Å². The summed E-state index contributed by atoms with van der Waals surface area (Å²) in [5.74, 6) is 1.99. The molecule has 0 radical (unpaired) electrons. The number of ketones is 1. The Bertz CT molecular complexity index is 1140. The Labute approximate surface area is 224 Å². The quantitative estimate of drug-likeness (QED) is 0.440. The average molecular weight is 517 g/mol. The molecule has 1 spiro atoms. The van der Waals surface area contributed by atoms with E-state index in [2.05, 4.69) is 9.97 Å². The van der Waals surface area contributed by atoms with Crippen molar-refractivity contribution in [1.82, 2.24) is 9.97 Å². The summed E-state index contributed by atoms with van der Waals surface area (Å²) in [4.78, 5) is 20.1. The Morgan fingerprint density at radius 3 is 2.05 bits per heavy atom. The highest BCUT2D eigenvalue weighted by atomic mass is 16.7. The van der Waals surface area contributed by atoms with Gasteiger partial charge in [-0.25, -0.2) is 0 Å². The van der Waals surface area contributed by atoms with Crippen molar-refractivity contribution in [3.05, 3.63) is 83.9 Å². The molecule has 1 N–H and O–H groups in total. The molecule has 2 aliphatic carbocycles. The van der Waals surface area contributed by atoms with Gasteiger partial charge in [0.05, 0.1) is 25.6 Å². The van der Waals surface area contributed by atoms with Crippen LogP contribution in [0.5, 0.6) is 11.5 Å². The molecule has 2 aromatic heterocycles. The summed E-state index contributed by atoms with van der Waals surface area (Å²) in [5.41, 5.74) is 3.29. The molecular weight excluding hydrogens is 480 g/mol. The molecule has 0 unspecified atom stereocenters. The van der Waals surface area contributed by atoms with Gasteiger partial charge in [-0.05, 0) is 55.5 Å². The van der Waals surface area contributed by atoms with Gasteiger partial charge in [-0.1, -0.05) is 30.3 Å². The summed E-state index contributed by atoms with van der Waals surface area (Å²) in [6.45, 7) is 2.00. The van der Waals surface area contributed by atoms with E-state index in [1.165, 1.54) is 6.20 Å². The molecule has 3 fully saturated rings. The topological polar surface area (TPSA) is 90.8 Å². The zero-order chi connectivity index (χ0) is 26.2. The van der Waals surface area contributed by atoms with Crippen molar-refractivity contribution in [3.8, 4) is 11.5 Å². The first-order valence-electron chi connectivity index (χ1n) is 13.7. The van der Waals surface area contributed by atoms with E-state index in [9.17, 15) is 9.90 Å². The highest BCUT2D eigenvalue weighted by Crippen LogP contribution is 2.41. The van der Waals surface area contributed by atoms with Gasteiger partial charge in [0.1, 0.15) is 23.9 Å². The number of aromatic hydroxyl groups is 1. The summed E-state index contributed by atoms with van der Waals surface area (Å²) in [7, 11) is 0. The molecule has 0 atom stereocenters. The number of pyridine rings is 2. The molecule has 2 saturated carbocycles. The highest BCUT2D eigenvalue weighted by Gasteiger charge is 2.40. The smallest absolute Gasteiger partial charge is 0.168 e. The van der Waals surface area contributed by atoms with Gasteiger partial charge >= 0.3 is 0 Å². The summed E-state index contributed by atoms with van der Waals surface area (Å²) >= 11 is 0. The number of carbonyl (C=O) groups excluding carboxylic acids is 1. The SMILES string of the molecule is O=C1CCC(c2ccc(OCc3ccccc3)cn2)CC1.Oc1ccc(C2CCC3(CC2)OCCO3)nc1. The summed E-state index contributed by atoms with van der Waals surface area (Å²) in [5, 5.41) is 9.22. The molecule has 0 amide bonds. The van der Waals surface area contributed by atoms with E-state index in [4.69, 9.17) is 14.2 Å². The maximum absolute atomic E-state index is 11.3. The lowest BCUT2D eigenvalue weighted by Gasteiger charge is -2.35. The van der Waals surface area contributed by atoms with E-state index < -0.39 is 0 Å². The Balaban J connectivity index is 0.000000158. The monoisotopic (exact) mass is 516 g/mol. The maximum Gasteiger partial charge on any atom is 0.168 e. The summed E-state index contributed by atoms with van der Waals surface area (Å²) < 4.78 is 17.1. The number of benzene rings is 1. The van der Waals surface area contributed by atoms with Crippen molar-refractivity contribution < 1.29 is 24.1 Å². The Morgan fingerprint density at radius 1 is 0.816 bits per heavy atom. The molecule has 7 heteroatoms. The number of ether oxygens (including phenoxy) is 3. The van der Waals surface area contributed by atoms with Crippen LogP contribution in [0.1, 0.15) is 80.2 Å². The summed E-state index contributed by atoms with van der Waals surface area (Å²) in [6, 6.07) is 17.7. The minimum Gasteiger partial charge on any atom is -0.506 e. The second-order valence-electron chi connectivity index (χ2n) is 10.3. The molecule has 1 aromatic carbocycles. The average Bonchev–Trinajstić information content (AvgIpc) is 3.42. The molecule has 3 aromatic rings. The molecule has 38 heavy (non-hydrogen) atoms. The van der Waals surface area contributed by atoms with Gasteiger partial charge in [-0.15, -0.1) is 0 Å². The predicted molar refractivity (Wildman–Crippen MR) is 143 cm³/mol. The second kappa shape index (κ2) is 12.5. The van der Waals surface area contributed by atoms with Crippen LogP contribution >= 0.6 is 0 Å². The normalized spacial score (nSPS) is 19.6. The molecule has 1 aliphatic heterocycles. The van der Waals surface area contributed by atoms with Gasteiger partial charge < -0.3 is 19.3 Å². The van der Waals surface area contributed by atoms with Gasteiger partial charge in [-0.3, -0.25) is 14.8 Å². The zero-order valence-electron chi connectivity index (χ0n) is 21.8. The first kappa shape index (κ1) is 26.3. The maximum atomic E-state index is 11.3. The Morgan fingerprint density at radius 2 is 1.45 bits per heavy atom. The second-order valence-corrected chi connectivity index (χ2v) is 10.3. The number of hydrogen-bond acceptors (Lipinski definition) is 7. The van der Waals surface area contributed by atoms with E-state index >= 15 is 0 Å². The van der Waals surface area contributed by atoms with Gasteiger partial charge in [0.2, 0.25) is 0 Å². The number of aromatic nitrogens is 2. The van der Waals surface area contributed by atoms with Crippen LogP contribution in [0.3, 0.4) is 0 Å². The molecule has 0 bridgehead atoms. The molecular formula is C31H36N2O5. The van der Waals surface area contributed by atoms with Crippen LogP contribution in [0.25, 0.3) is 0 Å². The first-order valence-corrected chi connectivity index (χ1v) is 13.7. The number of Topliss-reactive ketones (excluding diaryl/α,β-unsaturated/α-hetero) is 1. The van der Waals surface area contributed by atoms with Crippen LogP contribution in [0.4, 0.5) is 0 Å². The fourth-order valence-corrected chi connectivity index (χ4v) is 5.47. The third-order valence-corrected chi connectivity index (χ3v) is 7.72. The van der Waals surface area contributed by atoms with E-state index in [1.807, 2.05) is 48.5 Å². The highest BCUT2D eigenvalue weighted by molar-refractivity contribution is 5.79. The lowest BCUT2D eigenvalue weighted by atomic mass is 9.83. The van der Waals surface area contributed by atoms with Crippen molar-refractivity contribution in [2.75, 3.05) is 13.2 Å². The molecule has 7 nitrogen and oxygen atoms in total. The van der Waals surface area contributed by atoms with Crippen molar-refractivity contribution in [3.63, 3.8) is 0 Å². The zero-order valence-corrected chi connectivity index (χ0v) is 21.8. The predicted octanol–water partition coefficient (Wildman–Crippen LogP) is 6.08. The lowest BCUT2D eigenvalue weighted by molar-refractivity contribution is -0.178. The fraction of sp³-hybridized carbons (Fsp3) is 0.452. The first-order chi connectivity index (χ1) is 18.6. The molecule has 3 heterocycles. The van der Waals surface area contributed by atoms with Gasteiger partial charge in [0.15, 0.2) is 5.79 Å². The third kappa shape index (κ3) is 6.97. The van der Waals surface area contributed by atoms with Crippen molar-refractivity contribution in [2.24, 2.45) is 0 Å². The Kier molecular flexibility index (Phi) is 8.66. The van der Waals surface area contributed by atoms with Gasteiger partial charge in [0, 0.05) is 48.9 Å². The standard InChI is InChI=1S/C18H19NO2.C13H17NO3/c20-16-8-6-15(7-9-16)18-11-10-17(12-19-18)21-13-14-4-2-1-3-5-14;15-11-1-2-12(14-9-11)10-3-5-13(6-4-10)16-7-8-17-13/h1-5,10-12,15H,6-9,13H2;1-2,9-10,15H,3-8H2. The molecule has 6 rings (SSSR count). The number of nitrogens with zero attached hydrogens (tertiary/aromatic N) is 2. The van der Waals surface area contributed by atoms with Crippen molar-refractivity contribution in [1.29, 1.82) is 0 Å². The molecule has 200 valence electrons. The van der Waals surface area contributed by atoms with Crippen molar-refractivity contribution in [2.45, 2.75) is 75.6 Å². The van der Waals surface area contributed by atoms with Crippen molar-refractivity contribution >= 4 is 5.78 Å². The van der Waals surface area contributed by atoms with E-state index in [-0.39, 0.29) is 11.5 Å². The van der Waals surface area contributed by atoms with E-state index in [0.717, 1.165) is 74.4 Å². The van der Waals surface area contributed by atoms with Crippen LogP contribution < -0.4 is 4.74 Å². The lowest BCUT2D eigenvalue weighted by Crippen LogP contribution is -2.34. The van der Waals surface area contributed by atoms with Crippen LogP contribution in [0.15, 0.2) is 67.0 Å². The number of carbonyl (C=O) groups is 1. The van der Waals surface area contributed by atoms with Crippen LogP contribution in [-0.2, 0) is 20.9 Å². The van der Waals surface area contributed by atoms with Crippen LogP contribution in [-0.4, -0.2) is 39.9 Å². The largest absolute Gasteiger partial charge is 0.506 e.